The van der Waals surface area contributed by atoms with Crippen LogP contribution in [-0.2, 0) is 4.79 Å². The highest BCUT2D eigenvalue weighted by atomic mass is 19.1. The number of hydrogen-bond acceptors (Lipinski definition) is 2. The van der Waals surface area contributed by atoms with E-state index in [1.165, 1.54) is 24.3 Å². The second-order valence-corrected chi connectivity index (χ2v) is 5.80. The molecule has 0 radical (unpaired) electrons. The molecule has 2 rings (SSSR count). The molecule has 23 heavy (non-hydrogen) atoms. The van der Waals surface area contributed by atoms with Gasteiger partial charge in [-0.25, -0.2) is 4.39 Å². The zero-order valence-corrected chi connectivity index (χ0v) is 13.9. The fourth-order valence-corrected chi connectivity index (χ4v) is 2.41. The zero-order valence-electron chi connectivity index (χ0n) is 13.9. The largest absolute Gasteiger partial charge is 0.481 e. The Hall–Kier alpha value is -2.36. The van der Waals surface area contributed by atoms with Gasteiger partial charge in [-0.1, -0.05) is 23.8 Å². The van der Waals surface area contributed by atoms with Gasteiger partial charge < -0.3 is 10.1 Å². The number of benzene rings is 2. The van der Waals surface area contributed by atoms with Crippen molar-refractivity contribution in [1.29, 1.82) is 0 Å². The normalized spacial score (nSPS) is 13.3. The predicted octanol–water partition coefficient (Wildman–Crippen LogP) is 4.09. The number of carbonyl (C=O) groups excluding carboxylic acids is 1. The molecule has 0 saturated carbocycles. The highest BCUT2D eigenvalue weighted by Gasteiger charge is 2.18. The molecular weight excluding hydrogens is 293 g/mol. The third kappa shape index (κ3) is 4.55. The van der Waals surface area contributed by atoms with Crippen LogP contribution in [0.2, 0.25) is 0 Å². The Morgan fingerprint density at radius 3 is 2.39 bits per heavy atom. The first kappa shape index (κ1) is 17.0. The van der Waals surface area contributed by atoms with Crippen molar-refractivity contribution >= 4 is 5.91 Å². The van der Waals surface area contributed by atoms with E-state index in [2.05, 4.69) is 11.4 Å². The minimum absolute atomic E-state index is 0.110. The van der Waals surface area contributed by atoms with Crippen molar-refractivity contribution in [2.45, 2.75) is 39.8 Å². The summed E-state index contributed by atoms with van der Waals surface area (Å²) in [6.45, 7) is 7.67. The molecule has 0 bridgehead atoms. The summed E-state index contributed by atoms with van der Waals surface area (Å²) in [6, 6.07) is 11.7. The molecule has 0 saturated heterocycles. The fourth-order valence-electron chi connectivity index (χ4n) is 2.41. The van der Waals surface area contributed by atoms with Crippen molar-refractivity contribution in [3.8, 4) is 5.75 Å². The van der Waals surface area contributed by atoms with Crippen LogP contribution in [0.3, 0.4) is 0 Å². The summed E-state index contributed by atoms with van der Waals surface area (Å²) >= 11 is 0. The molecule has 0 aromatic heterocycles. The molecule has 122 valence electrons. The lowest BCUT2D eigenvalue weighted by atomic mass is 10.00. The van der Waals surface area contributed by atoms with E-state index >= 15 is 0 Å². The van der Waals surface area contributed by atoms with Crippen molar-refractivity contribution in [1.82, 2.24) is 5.32 Å². The Balaban J connectivity index is 2.00. The Labute approximate surface area is 136 Å². The average Bonchev–Trinajstić information content (AvgIpc) is 2.51. The van der Waals surface area contributed by atoms with Gasteiger partial charge in [0.1, 0.15) is 11.6 Å². The van der Waals surface area contributed by atoms with E-state index in [1.807, 2.05) is 32.9 Å². The zero-order chi connectivity index (χ0) is 17.0. The quantitative estimate of drug-likeness (QED) is 0.902. The van der Waals surface area contributed by atoms with Gasteiger partial charge in [0.25, 0.3) is 5.91 Å². The number of aryl methyl sites for hydroxylation is 2. The summed E-state index contributed by atoms with van der Waals surface area (Å²) in [7, 11) is 0. The predicted molar refractivity (Wildman–Crippen MR) is 89.0 cm³/mol. The summed E-state index contributed by atoms with van der Waals surface area (Å²) < 4.78 is 18.4. The number of halogens is 1. The number of ether oxygens (including phenoxy) is 1. The van der Waals surface area contributed by atoms with Crippen LogP contribution in [0.25, 0.3) is 0 Å². The standard InChI is InChI=1S/C19H22FNO2/c1-12-5-6-13(2)18(11-12)14(3)21-19(22)15(4)23-17-9-7-16(20)8-10-17/h5-11,14-15H,1-4H3,(H,21,22)/t14-,15-/m0/s1. The summed E-state index contributed by atoms with van der Waals surface area (Å²) in [5, 5.41) is 2.96. The van der Waals surface area contributed by atoms with E-state index in [0.29, 0.717) is 5.75 Å². The second-order valence-electron chi connectivity index (χ2n) is 5.80. The molecule has 2 aromatic rings. The van der Waals surface area contributed by atoms with Gasteiger partial charge in [-0.15, -0.1) is 0 Å². The van der Waals surface area contributed by atoms with E-state index in [4.69, 9.17) is 4.74 Å². The van der Waals surface area contributed by atoms with Crippen LogP contribution in [0, 0.1) is 19.7 Å². The Kier molecular flexibility index (Phi) is 5.37. The molecule has 0 aliphatic heterocycles. The molecule has 1 N–H and O–H groups in total. The minimum atomic E-state index is -0.659. The fraction of sp³-hybridized carbons (Fsp3) is 0.316. The van der Waals surface area contributed by atoms with Gasteiger partial charge in [0.15, 0.2) is 6.10 Å². The van der Waals surface area contributed by atoms with E-state index in [9.17, 15) is 9.18 Å². The van der Waals surface area contributed by atoms with Crippen LogP contribution in [0.5, 0.6) is 5.75 Å². The minimum Gasteiger partial charge on any atom is -0.481 e. The van der Waals surface area contributed by atoms with Gasteiger partial charge in [0.05, 0.1) is 6.04 Å². The summed E-state index contributed by atoms with van der Waals surface area (Å²) in [5.74, 6) is -0.0748. The third-order valence-electron chi connectivity index (χ3n) is 3.76. The van der Waals surface area contributed by atoms with Gasteiger partial charge in [-0.05, 0) is 63.1 Å². The smallest absolute Gasteiger partial charge is 0.261 e. The maximum Gasteiger partial charge on any atom is 0.261 e. The number of rotatable bonds is 5. The van der Waals surface area contributed by atoms with Crippen LogP contribution >= 0.6 is 0 Å². The summed E-state index contributed by atoms with van der Waals surface area (Å²) in [5.41, 5.74) is 3.38. The number of hydrogen-bond donors (Lipinski definition) is 1. The highest BCUT2D eigenvalue weighted by Crippen LogP contribution is 2.19. The monoisotopic (exact) mass is 315 g/mol. The molecule has 0 fully saturated rings. The Bertz CT molecular complexity index is 682. The molecule has 1 amide bonds. The van der Waals surface area contributed by atoms with Crippen molar-refractivity contribution in [2.75, 3.05) is 0 Å². The van der Waals surface area contributed by atoms with Crippen LogP contribution < -0.4 is 10.1 Å². The molecule has 0 aliphatic carbocycles. The number of carbonyl (C=O) groups is 1. The lowest BCUT2D eigenvalue weighted by Gasteiger charge is -2.20. The molecule has 2 aromatic carbocycles. The van der Waals surface area contributed by atoms with Crippen LogP contribution in [-0.4, -0.2) is 12.0 Å². The maximum absolute atomic E-state index is 12.9. The van der Waals surface area contributed by atoms with Crippen LogP contribution in [0.1, 0.15) is 36.6 Å². The second kappa shape index (κ2) is 7.27. The molecule has 0 unspecified atom stereocenters. The average molecular weight is 315 g/mol. The van der Waals surface area contributed by atoms with Crippen LogP contribution in [0.4, 0.5) is 4.39 Å². The first-order valence-corrected chi connectivity index (χ1v) is 7.66. The molecule has 4 heteroatoms. The Morgan fingerprint density at radius 2 is 1.74 bits per heavy atom. The van der Waals surface area contributed by atoms with E-state index in [0.717, 1.165) is 16.7 Å². The molecular formula is C19H22FNO2. The first-order chi connectivity index (χ1) is 10.9. The molecule has 2 atom stereocenters. The van der Waals surface area contributed by atoms with Gasteiger partial charge in [-0.2, -0.15) is 0 Å². The first-order valence-electron chi connectivity index (χ1n) is 7.66. The number of amides is 1. The van der Waals surface area contributed by atoms with Gasteiger partial charge >= 0.3 is 0 Å². The van der Waals surface area contributed by atoms with E-state index in [-0.39, 0.29) is 17.8 Å². The van der Waals surface area contributed by atoms with Crippen molar-refractivity contribution < 1.29 is 13.9 Å². The van der Waals surface area contributed by atoms with Gasteiger partial charge in [0, 0.05) is 0 Å². The van der Waals surface area contributed by atoms with Gasteiger partial charge in [-0.3, -0.25) is 4.79 Å². The topological polar surface area (TPSA) is 38.3 Å². The molecule has 0 heterocycles. The molecule has 3 nitrogen and oxygen atoms in total. The molecule has 0 spiro atoms. The highest BCUT2D eigenvalue weighted by molar-refractivity contribution is 5.81. The van der Waals surface area contributed by atoms with Crippen LogP contribution in [0.15, 0.2) is 42.5 Å². The summed E-state index contributed by atoms with van der Waals surface area (Å²) in [6.07, 6.45) is -0.659. The SMILES string of the molecule is Cc1ccc(C)c([C@H](C)NC(=O)[C@H](C)Oc2ccc(F)cc2)c1. The van der Waals surface area contributed by atoms with Crippen molar-refractivity contribution in [3.63, 3.8) is 0 Å². The van der Waals surface area contributed by atoms with Crippen molar-refractivity contribution in [3.05, 3.63) is 65.0 Å². The molecule has 0 aliphatic rings. The maximum atomic E-state index is 12.9. The van der Waals surface area contributed by atoms with E-state index in [1.54, 1.807) is 6.92 Å². The van der Waals surface area contributed by atoms with Crippen molar-refractivity contribution in [2.24, 2.45) is 0 Å². The summed E-state index contributed by atoms with van der Waals surface area (Å²) in [4.78, 5) is 12.3. The van der Waals surface area contributed by atoms with E-state index < -0.39 is 6.10 Å². The third-order valence-corrected chi connectivity index (χ3v) is 3.76. The lowest BCUT2D eigenvalue weighted by molar-refractivity contribution is -0.127. The number of nitrogens with one attached hydrogen (secondary N) is 1. The lowest BCUT2D eigenvalue weighted by Crippen LogP contribution is -2.38. The Morgan fingerprint density at radius 1 is 1.09 bits per heavy atom. The van der Waals surface area contributed by atoms with Gasteiger partial charge in [0.2, 0.25) is 0 Å².